The molecule has 2 N–H and O–H groups in total. The van der Waals surface area contributed by atoms with E-state index in [-0.39, 0.29) is 17.2 Å². The first kappa shape index (κ1) is 19.2. The Hall–Kier alpha value is -2.14. The highest BCUT2D eigenvalue weighted by atomic mass is 16.3. The van der Waals surface area contributed by atoms with Crippen molar-refractivity contribution < 1.29 is 9.90 Å². The van der Waals surface area contributed by atoms with Gasteiger partial charge < -0.3 is 10.4 Å². The molecule has 0 aliphatic heterocycles. The fraction of sp³-hybridized carbons (Fsp3) is 0.500. The summed E-state index contributed by atoms with van der Waals surface area (Å²) >= 11 is 0. The molecule has 1 amide bonds. The van der Waals surface area contributed by atoms with Gasteiger partial charge in [0.1, 0.15) is 5.69 Å². The van der Waals surface area contributed by atoms with Crippen LogP contribution in [0.25, 0.3) is 0 Å². The normalized spacial score (nSPS) is 14.2. The number of nitrogens with one attached hydrogen (secondary N) is 1. The lowest BCUT2D eigenvalue weighted by Gasteiger charge is -2.19. The van der Waals surface area contributed by atoms with Crippen LogP contribution in [0.4, 0.5) is 0 Å². The van der Waals surface area contributed by atoms with E-state index in [0.717, 1.165) is 11.3 Å². The highest BCUT2D eigenvalue weighted by Crippen LogP contribution is 2.22. The van der Waals surface area contributed by atoms with E-state index in [0.29, 0.717) is 18.7 Å². The summed E-state index contributed by atoms with van der Waals surface area (Å²) in [6.45, 7) is 8.47. The average Bonchev–Trinajstić information content (AvgIpc) is 2.94. The van der Waals surface area contributed by atoms with Crippen LogP contribution < -0.4 is 5.32 Å². The summed E-state index contributed by atoms with van der Waals surface area (Å²) in [7, 11) is 1.79. The summed E-state index contributed by atoms with van der Waals surface area (Å²) < 4.78 is 1.63. The van der Waals surface area contributed by atoms with Crippen LogP contribution in [-0.4, -0.2) is 33.4 Å². The Bertz CT molecular complexity index is 699. The maximum Gasteiger partial charge on any atom is 0.269 e. The molecule has 0 aliphatic rings. The number of amides is 1. The monoisotopic (exact) mass is 343 g/mol. The van der Waals surface area contributed by atoms with Gasteiger partial charge in [-0.05, 0) is 25.0 Å². The number of benzene rings is 1. The summed E-state index contributed by atoms with van der Waals surface area (Å²) in [4.78, 5) is 12.6. The molecule has 1 aromatic heterocycles. The van der Waals surface area contributed by atoms with Gasteiger partial charge in [0, 0.05) is 24.9 Å². The van der Waals surface area contributed by atoms with Crippen LogP contribution in [0, 0.1) is 0 Å². The third kappa shape index (κ3) is 5.16. The predicted molar refractivity (Wildman–Crippen MR) is 99.7 cm³/mol. The molecule has 0 spiro atoms. The maximum absolute atomic E-state index is 12.6. The topological polar surface area (TPSA) is 67.2 Å². The van der Waals surface area contributed by atoms with Gasteiger partial charge >= 0.3 is 0 Å². The van der Waals surface area contributed by atoms with Crippen LogP contribution in [0.15, 0.2) is 36.4 Å². The molecule has 0 aliphatic carbocycles. The highest BCUT2D eigenvalue weighted by Gasteiger charge is 2.22. The largest absolute Gasteiger partial charge is 0.393 e. The third-order valence-corrected chi connectivity index (χ3v) is 4.29. The molecule has 0 radical (unpaired) electrons. The smallest absolute Gasteiger partial charge is 0.269 e. The van der Waals surface area contributed by atoms with Crippen molar-refractivity contribution in [3.8, 4) is 0 Å². The van der Waals surface area contributed by atoms with Gasteiger partial charge in [0.25, 0.3) is 5.91 Å². The minimum absolute atomic E-state index is 0.0699. The number of aliphatic hydroxyl groups is 1. The lowest BCUT2D eigenvalue weighted by molar-refractivity contribution is 0.0936. The van der Waals surface area contributed by atoms with E-state index >= 15 is 0 Å². The third-order valence-electron chi connectivity index (χ3n) is 4.29. The molecule has 2 atom stereocenters. The summed E-state index contributed by atoms with van der Waals surface area (Å²) in [6, 6.07) is 11.8. The van der Waals surface area contributed by atoms with E-state index < -0.39 is 6.10 Å². The van der Waals surface area contributed by atoms with Crippen LogP contribution in [0.3, 0.4) is 0 Å². The minimum atomic E-state index is -0.425. The second-order valence-electron chi connectivity index (χ2n) is 7.69. The van der Waals surface area contributed by atoms with Gasteiger partial charge in [-0.15, -0.1) is 0 Å². The zero-order chi connectivity index (χ0) is 18.6. The van der Waals surface area contributed by atoms with Crippen molar-refractivity contribution in [1.29, 1.82) is 0 Å². The molecule has 2 aromatic rings. The lowest BCUT2D eigenvalue weighted by Crippen LogP contribution is -2.31. The van der Waals surface area contributed by atoms with E-state index in [2.05, 4.69) is 31.2 Å². The molecular formula is C20H29N3O2. The fourth-order valence-corrected chi connectivity index (χ4v) is 2.83. The molecule has 0 fully saturated rings. The molecule has 1 heterocycles. The summed E-state index contributed by atoms with van der Waals surface area (Å²) in [5, 5.41) is 17.2. The lowest BCUT2D eigenvalue weighted by atomic mass is 9.92. The van der Waals surface area contributed by atoms with Crippen LogP contribution in [0.1, 0.15) is 61.8 Å². The van der Waals surface area contributed by atoms with Crippen molar-refractivity contribution >= 4 is 5.91 Å². The van der Waals surface area contributed by atoms with E-state index in [1.165, 1.54) is 0 Å². The Morgan fingerprint density at radius 1 is 1.28 bits per heavy atom. The number of rotatable bonds is 6. The molecular weight excluding hydrogens is 314 g/mol. The van der Waals surface area contributed by atoms with E-state index in [9.17, 15) is 9.90 Å². The van der Waals surface area contributed by atoms with Crippen molar-refractivity contribution in [2.45, 2.75) is 51.6 Å². The first-order valence-corrected chi connectivity index (χ1v) is 8.74. The Morgan fingerprint density at radius 2 is 1.92 bits per heavy atom. The summed E-state index contributed by atoms with van der Waals surface area (Å²) in [5.74, 6) is -0.0718. The maximum atomic E-state index is 12.6. The number of hydrogen-bond donors (Lipinski definition) is 2. The van der Waals surface area contributed by atoms with Gasteiger partial charge in [-0.2, -0.15) is 5.10 Å². The molecule has 5 nitrogen and oxygen atoms in total. The molecule has 0 saturated heterocycles. The Balaban J connectivity index is 2.10. The van der Waals surface area contributed by atoms with E-state index in [1.54, 1.807) is 18.7 Å². The number of hydrogen-bond acceptors (Lipinski definition) is 3. The summed E-state index contributed by atoms with van der Waals surface area (Å²) in [5.41, 5.74) is 2.46. The standard InChI is InChI=1S/C20H29N3O2/c1-14(24)11-16(15-9-7-6-8-10-15)13-21-19(25)17-12-18(20(2,3)4)22-23(17)5/h6-10,12,14,16,24H,11,13H2,1-5H3,(H,21,25). The molecule has 25 heavy (non-hydrogen) atoms. The molecule has 0 saturated carbocycles. The first-order chi connectivity index (χ1) is 11.7. The van der Waals surface area contributed by atoms with Gasteiger partial charge in [0.2, 0.25) is 0 Å². The van der Waals surface area contributed by atoms with E-state index in [1.807, 2.05) is 36.4 Å². The minimum Gasteiger partial charge on any atom is -0.393 e. The summed E-state index contributed by atoms with van der Waals surface area (Å²) in [6.07, 6.45) is 0.175. The van der Waals surface area contributed by atoms with Crippen molar-refractivity contribution in [3.05, 3.63) is 53.3 Å². The number of carbonyl (C=O) groups is 1. The van der Waals surface area contributed by atoms with Crippen LogP contribution >= 0.6 is 0 Å². The highest BCUT2D eigenvalue weighted by molar-refractivity contribution is 5.92. The zero-order valence-corrected chi connectivity index (χ0v) is 15.8. The van der Waals surface area contributed by atoms with Crippen LogP contribution in [-0.2, 0) is 12.5 Å². The van der Waals surface area contributed by atoms with Gasteiger partial charge in [-0.25, -0.2) is 0 Å². The zero-order valence-electron chi connectivity index (χ0n) is 15.8. The number of aromatic nitrogens is 2. The molecule has 2 rings (SSSR count). The number of nitrogens with zero attached hydrogens (tertiary/aromatic N) is 2. The molecule has 136 valence electrons. The second-order valence-corrected chi connectivity index (χ2v) is 7.69. The predicted octanol–water partition coefficient (Wildman–Crippen LogP) is 3.00. The second kappa shape index (κ2) is 7.83. The Morgan fingerprint density at radius 3 is 2.44 bits per heavy atom. The van der Waals surface area contributed by atoms with Crippen LogP contribution in [0.2, 0.25) is 0 Å². The Labute approximate surface area is 150 Å². The van der Waals surface area contributed by atoms with Crippen molar-refractivity contribution in [3.63, 3.8) is 0 Å². The number of aryl methyl sites for hydroxylation is 1. The van der Waals surface area contributed by atoms with Crippen LogP contribution in [0.5, 0.6) is 0 Å². The van der Waals surface area contributed by atoms with Crippen molar-refractivity contribution in [1.82, 2.24) is 15.1 Å². The quantitative estimate of drug-likeness (QED) is 0.847. The molecule has 1 aromatic carbocycles. The SMILES string of the molecule is CC(O)CC(CNC(=O)c1cc(C(C)(C)C)nn1C)c1ccccc1. The van der Waals surface area contributed by atoms with E-state index in [4.69, 9.17) is 0 Å². The fourth-order valence-electron chi connectivity index (χ4n) is 2.83. The van der Waals surface area contributed by atoms with Gasteiger partial charge in [0.15, 0.2) is 0 Å². The number of carbonyl (C=O) groups excluding carboxylic acids is 1. The van der Waals surface area contributed by atoms with Gasteiger partial charge in [-0.3, -0.25) is 9.48 Å². The van der Waals surface area contributed by atoms with Gasteiger partial charge in [-0.1, -0.05) is 51.1 Å². The van der Waals surface area contributed by atoms with Gasteiger partial charge in [0.05, 0.1) is 11.8 Å². The average molecular weight is 343 g/mol. The Kier molecular flexibility index (Phi) is 6.01. The van der Waals surface area contributed by atoms with Crippen molar-refractivity contribution in [2.24, 2.45) is 7.05 Å². The molecule has 2 unspecified atom stereocenters. The van der Waals surface area contributed by atoms with Crippen molar-refractivity contribution in [2.75, 3.05) is 6.54 Å². The number of aliphatic hydroxyl groups excluding tert-OH is 1. The molecule has 5 heteroatoms. The molecule has 0 bridgehead atoms. The first-order valence-electron chi connectivity index (χ1n) is 8.74.